The highest BCUT2D eigenvalue weighted by molar-refractivity contribution is 5.94. The fourth-order valence-corrected chi connectivity index (χ4v) is 2.67. The second kappa shape index (κ2) is 6.01. The smallest absolute Gasteiger partial charge is 0.226 e. The van der Waals surface area contributed by atoms with Crippen LogP contribution in [0.4, 0.5) is 5.69 Å². The molecular formula is C15H22N2O. The van der Waals surface area contributed by atoms with E-state index in [0.29, 0.717) is 12.5 Å². The molecule has 1 unspecified atom stereocenters. The van der Waals surface area contributed by atoms with Crippen molar-refractivity contribution >= 4 is 11.6 Å². The second-order valence-corrected chi connectivity index (χ2v) is 4.84. The van der Waals surface area contributed by atoms with Gasteiger partial charge in [-0.1, -0.05) is 25.1 Å². The van der Waals surface area contributed by atoms with Gasteiger partial charge in [-0.05, 0) is 37.9 Å². The summed E-state index contributed by atoms with van der Waals surface area (Å²) in [6.07, 6.45) is 3.69. The van der Waals surface area contributed by atoms with E-state index in [-0.39, 0.29) is 5.91 Å². The Hall–Kier alpha value is -1.35. The molecule has 1 N–H and O–H groups in total. The minimum absolute atomic E-state index is 0.252. The van der Waals surface area contributed by atoms with Crippen LogP contribution in [0.3, 0.4) is 0 Å². The van der Waals surface area contributed by atoms with Crippen LogP contribution in [0.5, 0.6) is 0 Å². The van der Waals surface area contributed by atoms with Gasteiger partial charge in [0.15, 0.2) is 0 Å². The molecule has 1 aromatic rings. The Balaban J connectivity index is 2.35. The quantitative estimate of drug-likeness (QED) is 0.889. The van der Waals surface area contributed by atoms with Gasteiger partial charge in [-0.15, -0.1) is 0 Å². The van der Waals surface area contributed by atoms with Crippen LogP contribution in [0, 0.1) is 0 Å². The number of carbonyl (C=O) groups excluding carboxylic acids is 1. The van der Waals surface area contributed by atoms with Gasteiger partial charge >= 0.3 is 0 Å². The first kappa shape index (κ1) is 13.1. The van der Waals surface area contributed by atoms with Crippen molar-refractivity contribution in [3.63, 3.8) is 0 Å². The summed E-state index contributed by atoms with van der Waals surface area (Å²) in [4.78, 5) is 14.2. The number of nitrogens with one attached hydrogen (secondary N) is 1. The lowest BCUT2D eigenvalue weighted by Crippen LogP contribution is -2.31. The van der Waals surface area contributed by atoms with Crippen molar-refractivity contribution in [3.8, 4) is 0 Å². The topological polar surface area (TPSA) is 32.3 Å². The average Bonchev–Trinajstić information content (AvgIpc) is 2.58. The highest BCUT2D eigenvalue weighted by Crippen LogP contribution is 2.32. The van der Waals surface area contributed by atoms with Crippen LogP contribution in [-0.4, -0.2) is 19.5 Å². The first-order valence-electron chi connectivity index (χ1n) is 6.84. The Labute approximate surface area is 109 Å². The van der Waals surface area contributed by atoms with Crippen LogP contribution in [0.2, 0.25) is 0 Å². The van der Waals surface area contributed by atoms with Gasteiger partial charge in [0.25, 0.3) is 0 Å². The van der Waals surface area contributed by atoms with E-state index in [1.165, 1.54) is 5.56 Å². The molecule has 0 aliphatic carbocycles. The molecule has 1 heterocycles. The fraction of sp³-hybridized carbons (Fsp3) is 0.533. The van der Waals surface area contributed by atoms with Crippen LogP contribution < -0.4 is 10.2 Å². The van der Waals surface area contributed by atoms with Crippen molar-refractivity contribution in [3.05, 3.63) is 29.8 Å². The van der Waals surface area contributed by atoms with Crippen LogP contribution in [0.15, 0.2) is 24.3 Å². The highest BCUT2D eigenvalue weighted by atomic mass is 16.2. The molecule has 0 saturated heterocycles. The zero-order chi connectivity index (χ0) is 13.0. The molecule has 0 spiro atoms. The molecule has 3 heteroatoms. The van der Waals surface area contributed by atoms with Gasteiger partial charge in [0.1, 0.15) is 0 Å². The lowest BCUT2D eigenvalue weighted by molar-refractivity contribution is -0.118. The molecule has 0 fully saturated rings. The Kier molecular flexibility index (Phi) is 4.37. The number of fused-ring (bicyclic) bond motifs is 1. The Bertz CT molecular complexity index is 417. The molecule has 2 rings (SSSR count). The maximum atomic E-state index is 12.2. The van der Waals surface area contributed by atoms with E-state index in [1.807, 2.05) is 18.0 Å². The molecule has 0 bridgehead atoms. The van der Waals surface area contributed by atoms with Crippen molar-refractivity contribution in [1.29, 1.82) is 0 Å². The second-order valence-electron chi connectivity index (χ2n) is 4.84. The van der Waals surface area contributed by atoms with Crippen molar-refractivity contribution in [1.82, 2.24) is 5.32 Å². The summed E-state index contributed by atoms with van der Waals surface area (Å²) in [6.45, 7) is 2.89. The summed E-state index contributed by atoms with van der Waals surface area (Å²) in [5.74, 6) is 0.252. The normalized spacial score (nSPS) is 19.2. The van der Waals surface area contributed by atoms with Gasteiger partial charge in [0.2, 0.25) is 5.91 Å². The fourth-order valence-electron chi connectivity index (χ4n) is 2.67. The number of hydrogen-bond donors (Lipinski definition) is 1. The molecule has 1 aromatic carbocycles. The average molecular weight is 246 g/mol. The SMILES string of the molecule is CCCC(=O)N1CCCC(NC)c2ccccc21. The summed E-state index contributed by atoms with van der Waals surface area (Å²) >= 11 is 0. The van der Waals surface area contributed by atoms with Gasteiger partial charge in [-0.2, -0.15) is 0 Å². The summed E-state index contributed by atoms with van der Waals surface area (Å²) in [7, 11) is 1.99. The molecule has 18 heavy (non-hydrogen) atoms. The maximum Gasteiger partial charge on any atom is 0.226 e. The summed E-state index contributed by atoms with van der Waals surface area (Å²) in [5, 5.41) is 3.35. The highest BCUT2D eigenvalue weighted by Gasteiger charge is 2.24. The Morgan fingerprint density at radius 1 is 1.44 bits per heavy atom. The summed E-state index contributed by atoms with van der Waals surface area (Å²) in [5.41, 5.74) is 2.34. The molecule has 0 radical (unpaired) electrons. The zero-order valence-electron chi connectivity index (χ0n) is 11.3. The van der Waals surface area contributed by atoms with Crippen molar-refractivity contribution in [2.24, 2.45) is 0 Å². The minimum atomic E-state index is 0.252. The molecule has 1 amide bonds. The van der Waals surface area contributed by atoms with Crippen LogP contribution in [0.1, 0.15) is 44.2 Å². The predicted molar refractivity (Wildman–Crippen MR) is 74.7 cm³/mol. The zero-order valence-corrected chi connectivity index (χ0v) is 11.3. The van der Waals surface area contributed by atoms with E-state index in [1.54, 1.807) is 0 Å². The molecular weight excluding hydrogens is 224 g/mol. The van der Waals surface area contributed by atoms with Crippen molar-refractivity contribution in [2.75, 3.05) is 18.5 Å². The molecule has 1 atom stereocenters. The monoisotopic (exact) mass is 246 g/mol. The maximum absolute atomic E-state index is 12.2. The van der Waals surface area contributed by atoms with Gasteiger partial charge in [0.05, 0.1) is 0 Å². The number of para-hydroxylation sites is 1. The van der Waals surface area contributed by atoms with Crippen molar-refractivity contribution in [2.45, 2.75) is 38.6 Å². The number of rotatable bonds is 3. The third-order valence-electron chi connectivity index (χ3n) is 3.59. The summed E-state index contributed by atoms with van der Waals surface area (Å²) < 4.78 is 0. The predicted octanol–water partition coefficient (Wildman–Crippen LogP) is 2.87. The number of benzene rings is 1. The Morgan fingerprint density at radius 2 is 2.22 bits per heavy atom. The first-order valence-corrected chi connectivity index (χ1v) is 6.84. The van der Waals surface area contributed by atoms with E-state index >= 15 is 0 Å². The van der Waals surface area contributed by atoms with Gasteiger partial charge in [-0.25, -0.2) is 0 Å². The molecule has 3 nitrogen and oxygen atoms in total. The van der Waals surface area contributed by atoms with Gasteiger partial charge < -0.3 is 10.2 Å². The third-order valence-corrected chi connectivity index (χ3v) is 3.59. The number of carbonyl (C=O) groups is 1. The van der Waals surface area contributed by atoms with Crippen LogP contribution in [-0.2, 0) is 4.79 Å². The van der Waals surface area contributed by atoms with E-state index in [0.717, 1.165) is 31.5 Å². The van der Waals surface area contributed by atoms with Gasteiger partial charge in [0, 0.05) is 24.7 Å². The molecule has 98 valence electrons. The minimum Gasteiger partial charge on any atom is -0.313 e. The first-order chi connectivity index (χ1) is 8.77. The lowest BCUT2D eigenvalue weighted by Gasteiger charge is -2.24. The van der Waals surface area contributed by atoms with Crippen LogP contribution in [0.25, 0.3) is 0 Å². The number of nitrogens with zero attached hydrogens (tertiary/aromatic N) is 1. The number of anilines is 1. The summed E-state index contributed by atoms with van der Waals surface area (Å²) in [6, 6.07) is 8.63. The largest absolute Gasteiger partial charge is 0.313 e. The Morgan fingerprint density at radius 3 is 2.94 bits per heavy atom. The number of hydrogen-bond acceptors (Lipinski definition) is 2. The van der Waals surface area contributed by atoms with E-state index in [9.17, 15) is 4.79 Å². The molecule has 1 aliphatic rings. The molecule has 0 aromatic heterocycles. The van der Waals surface area contributed by atoms with E-state index < -0.39 is 0 Å². The number of amides is 1. The standard InChI is InChI=1S/C15H22N2O/c1-3-7-15(18)17-11-6-9-13(16-2)12-8-4-5-10-14(12)17/h4-5,8,10,13,16H,3,6-7,9,11H2,1-2H3. The third kappa shape index (κ3) is 2.56. The lowest BCUT2D eigenvalue weighted by atomic mass is 10.0. The van der Waals surface area contributed by atoms with Gasteiger partial charge in [-0.3, -0.25) is 4.79 Å². The van der Waals surface area contributed by atoms with Crippen LogP contribution >= 0.6 is 0 Å². The van der Waals surface area contributed by atoms with E-state index in [2.05, 4.69) is 30.4 Å². The molecule has 0 saturated carbocycles. The molecule has 1 aliphatic heterocycles. The van der Waals surface area contributed by atoms with Crippen molar-refractivity contribution < 1.29 is 4.79 Å². The van der Waals surface area contributed by atoms with E-state index in [4.69, 9.17) is 0 Å².